The van der Waals surface area contributed by atoms with Gasteiger partial charge in [0.2, 0.25) is 0 Å². The Morgan fingerprint density at radius 1 is 1.53 bits per heavy atom. The normalized spacial score (nSPS) is 10.5. The first kappa shape index (κ1) is 10.3. The third-order valence-electron chi connectivity index (χ3n) is 2.07. The molecule has 0 spiro atoms. The van der Waals surface area contributed by atoms with E-state index in [-0.39, 0.29) is 5.56 Å². The Morgan fingerprint density at radius 3 is 2.87 bits per heavy atom. The maximum Gasteiger partial charge on any atom is 0.338 e. The third-order valence-corrected chi connectivity index (χ3v) is 3.45. The van der Waals surface area contributed by atoms with E-state index in [1.165, 1.54) is 18.4 Å². The Kier molecular flexibility index (Phi) is 2.54. The van der Waals surface area contributed by atoms with Crippen LogP contribution < -0.4 is 4.74 Å². The summed E-state index contributed by atoms with van der Waals surface area (Å²) in [6.07, 6.45) is 0. The molecule has 5 heteroatoms. The lowest BCUT2D eigenvalue weighted by Crippen LogP contribution is -1.94. The second-order valence-electron chi connectivity index (χ2n) is 2.92. The summed E-state index contributed by atoms with van der Waals surface area (Å²) in [4.78, 5) is 11.0. The molecule has 78 valence electrons. The first-order valence-corrected chi connectivity index (χ1v) is 5.32. The van der Waals surface area contributed by atoms with Gasteiger partial charge >= 0.3 is 5.97 Å². The van der Waals surface area contributed by atoms with Gasteiger partial charge in [-0.15, -0.1) is 11.3 Å². The number of hydrogen-bond acceptors (Lipinski definition) is 3. The number of thiophene rings is 1. The molecule has 0 amide bonds. The number of halogens is 1. The van der Waals surface area contributed by atoms with Crippen molar-refractivity contribution in [3.05, 3.63) is 28.1 Å². The molecular formula is C10H7ClO3S. The monoisotopic (exact) mass is 242 g/mol. The minimum absolute atomic E-state index is 0.149. The van der Waals surface area contributed by atoms with E-state index in [2.05, 4.69) is 0 Å². The number of hydrogen-bond donors (Lipinski definition) is 1. The lowest BCUT2D eigenvalue weighted by atomic mass is 10.2. The number of methoxy groups -OCH3 is 1. The van der Waals surface area contributed by atoms with Crippen LogP contribution in [-0.4, -0.2) is 18.2 Å². The van der Waals surface area contributed by atoms with Gasteiger partial charge in [-0.25, -0.2) is 4.79 Å². The number of ether oxygens (including phenoxy) is 1. The lowest BCUT2D eigenvalue weighted by molar-refractivity contribution is 0.0699. The van der Waals surface area contributed by atoms with Crippen LogP contribution in [0.4, 0.5) is 0 Å². The minimum atomic E-state index is -1.01. The van der Waals surface area contributed by atoms with Crippen LogP contribution in [0.1, 0.15) is 10.4 Å². The van der Waals surface area contributed by atoms with Crippen molar-refractivity contribution in [2.45, 2.75) is 0 Å². The zero-order chi connectivity index (χ0) is 11.0. The van der Waals surface area contributed by atoms with E-state index in [1.54, 1.807) is 18.2 Å². The van der Waals surface area contributed by atoms with Gasteiger partial charge in [-0.1, -0.05) is 11.6 Å². The lowest BCUT2D eigenvalue weighted by Gasteiger charge is -1.99. The average molecular weight is 243 g/mol. The molecule has 0 aliphatic heterocycles. The van der Waals surface area contributed by atoms with Crippen LogP contribution in [0.2, 0.25) is 4.34 Å². The topological polar surface area (TPSA) is 46.5 Å². The van der Waals surface area contributed by atoms with Gasteiger partial charge in [0.15, 0.2) is 0 Å². The van der Waals surface area contributed by atoms with E-state index in [0.717, 1.165) is 4.70 Å². The number of aromatic carboxylic acids is 1. The predicted octanol–water partition coefficient (Wildman–Crippen LogP) is 3.26. The van der Waals surface area contributed by atoms with Gasteiger partial charge in [0, 0.05) is 10.1 Å². The number of benzene rings is 1. The summed E-state index contributed by atoms with van der Waals surface area (Å²) in [7, 11) is 1.54. The number of fused-ring (bicyclic) bond motifs is 1. The van der Waals surface area contributed by atoms with Gasteiger partial charge < -0.3 is 9.84 Å². The van der Waals surface area contributed by atoms with E-state index in [4.69, 9.17) is 21.4 Å². The first-order chi connectivity index (χ1) is 7.13. The highest BCUT2D eigenvalue weighted by Crippen LogP contribution is 2.36. The molecule has 0 unspecified atom stereocenters. The summed E-state index contributed by atoms with van der Waals surface area (Å²) in [5.74, 6) is -0.390. The molecule has 0 fully saturated rings. The van der Waals surface area contributed by atoms with Gasteiger partial charge in [0.25, 0.3) is 0 Å². The van der Waals surface area contributed by atoms with Crippen molar-refractivity contribution in [3.63, 3.8) is 0 Å². The summed E-state index contributed by atoms with van der Waals surface area (Å²) in [5, 5.41) is 9.62. The molecule has 1 heterocycles. The maximum atomic E-state index is 11.0. The standard InChI is InChI=1S/C10H7ClO3S/c1-14-5-2-3-7-6(4-5)8(10(12)13)9(11)15-7/h2-4H,1H3,(H,12,13). The highest BCUT2D eigenvalue weighted by molar-refractivity contribution is 7.23. The number of rotatable bonds is 2. The molecule has 15 heavy (non-hydrogen) atoms. The van der Waals surface area contributed by atoms with Gasteiger partial charge in [-0.3, -0.25) is 0 Å². The van der Waals surface area contributed by atoms with Crippen LogP contribution >= 0.6 is 22.9 Å². The fraction of sp³-hybridized carbons (Fsp3) is 0.100. The van der Waals surface area contributed by atoms with Crippen molar-refractivity contribution < 1.29 is 14.6 Å². The largest absolute Gasteiger partial charge is 0.497 e. The van der Waals surface area contributed by atoms with Gasteiger partial charge in [0.1, 0.15) is 10.1 Å². The van der Waals surface area contributed by atoms with Crippen LogP contribution in [0.15, 0.2) is 18.2 Å². The molecule has 0 saturated carbocycles. The molecule has 0 atom stereocenters. The van der Waals surface area contributed by atoms with Crippen molar-refractivity contribution in [1.82, 2.24) is 0 Å². The van der Waals surface area contributed by atoms with E-state index >= 15 is 0 Å². The van der Waals surface area contributed by atoms with Crippen LogP contribution in [0.3, 0.4) is 0 Å². The number of carboxylic acid groups (broad SMARTS) is 1. The Labute approximate surface area is 94.9 Å². The zero-order valence-corrected chi connectivity index (χ0v) is 9.35. The molecule has 1 N–H and O–H groups in total. The number of carbonyl (C=O) groups is 1. The minimum Gasteiger partial charge on any atom is -0.497 e. The second-order valence-corrected chi connectivity index (χ2v) is 4.57. The van der Waals surface area contributed by atoms with E-state index in [1.807, 2.05) is 0 Å². The van der Waals surface area contributed by atoms with E-state index < -0.39 is 5.97 Å². The fourth-order valence-electron chi connectivity index (χ4n) is 1.37. The fourth-order valence-corrected chi connectivity index (χ4v) is 2.70. The van der Waals surface area contributed by atoms with E-state index in [9.17, 15) is 4.79 Å². The summed E-state index contributed by atoms with van der Waals surface area (Å²) in [6.45, 7) is 0. The number of carboxylic acids is 1. The van der Waals surface area contributed by atoms with Crippen molar-refractivity contribution in [3.8, 4) is 5.75 Å². The molecule has 0 radical (unpaired) electrons. The smallest absolute Gasteiger partial charge is 0.338 e. The molecule has 1 aromatic carbocycles. The SMILES string of the molecule is COc1ccc2sc(Cl)c(C(=O)O)c2c1. The van der Waals surface area contributed by atoms with Crippen LogP contribution in [0, 0.1) is 0 Å². The molecular weight excluding hydrogens is 236 g/mol. The summed E-state index contributed by atoms with van der Waals surface area (Å²) < 4.78 is 6.18. The second kappa shape index (κ2) is 3.72. The van der Waals surface area contributed by atoms with E-state index in [0.29, 0.717) is 15.5 Å². The first-order valence-electron chi connectivity index (χ1n) is 4.13. The Bertz CT molecular complexity index is 533. The Morgan fingerprint density at radius 2 is 2.27 bits per heavy atom. The molecule has 0 bridgehead atoms. The molecule has 0 aliphatic carbocycles. The molecule has 3 nitrogen and oxygen atoms in total. The Hall–Kier alpha value is -1.26. The Balaban J connectivity index is 2.77. The molecule has 1 aromatic heterocycles. The summed E-state index contributed by atoms with van der Waals surface area (Å²) in [5.41, 5.74) is 0.149. The highest BCUT2D eigenvalue weighted by Gasteiger charge is 2.17. The molecule has 0 aliphatic rings. The molecule has 2 aromatic rings. The van der Waals surface area contributed by atoms with Crippen molar-refractivity contribution in [1.29, 1.82) is 0 Å². The van der Waals surface area contributed by atoms with Crippen molar-refractivity contribution in [2.24, 2.45) is 0 Å². The highest BCUT2D eigenvalue weighted by atomic mass is 35.5. The summed E-state index contributed by atoms with van der Waals surface area (Å²) in [6, 6.07) is 5.26. The van der Waals surface area contributed by atoms with Gasteiger partial charge in [-0.05, 0) is 18.2 Å². The molecule has 2 rings (SSSR count). The maximum absolute atomic E-state index is 11.0. The quantitative estimate of drug-likeness (QED) is 0.879. The zero-order valence-electron chi connectivity index (χ0n) is 7.78. The average Bonchev–Trinajstić information content (AvgIpc) is 2.52. The predicted molar refractivity (Wildman–Crippen MR) is 60.3 cm³/mol. The third kappa shape index (κ3) is 1.66. The van der Waals surface area contributed by atoms with Crippen LogP contribution in [0.25, 0.3) is 10.1 Å². The van der Waals surface area contributed by atoms with Crippen molar-refractivity contribution >= 4 is 39.0 Å². The van der Waals surface area contributed by atoms with Gasteiger partial charge in [0.05, 0.1) is 12.7 Å². The van der Waals surface area contributed by atoms with Crippen molar-refractivity contribution in [2.75, 3.05) is 7.11 Å². The van der Waals surface area contributed by atoms with Crippen LogP contribution in [-0.2, 0) is 0 Å². The molecule has 0 saturated heterocycles. The van der Waals surface area contributed by atoms with Crippen LogP contribution in [0.5, 0.6) is 5.75 Å². The summed E-state index contributed by atoms with van der Waals surface area (Å²) >= 11 is 7.11. The van der Waals surface area contributed by atoms with Gasteiger partial charge in [-0.2, -0.15) is 0 Å².